The van der Waals surface area contributed by atoms with E-state index in [2.05, 4.69) is 55.5 Å². The fourth-order valence-corrected chi connectivity index (χ4v) is 4.72. The monoisotopic (exact) mass is 328 g/mol. The van der Waals surface area contributed by atoms with Crippen LogP contribution in [0.2, 0.25) is 0 Å². The minimum Gasteiger partial charge on any atom is -0.354 e. The Kier molecular flexibility index (Phi) is 5.60. The van der Waals surface area contributed by atoms with E-state index in [9.17, 15) is 4.79 Å². The van der Waals surface area contributed by atoms with E-state index < -0.39 is 0 Å². The fourth-order valence-electron chi connectivity index (χ4n) is 4.72. The van der Waals surface area contributed by atoms with Crippen molar-refractivity contribution < 1.29 is 4.79 Å². The molecule has 0 unspecified atom stereocenters. The summed E-state index contributed by atoms with van der Waals surface area (Å²) < 4.78 is 0. The van der Waals surface area contributed by atoms with Gasteiger partial charge in [-0.25, -0.2) is 0 Å². The average molecular weight is 329 g/mol. The van der Waals surface area contributed by atoms with Gasteiger partial charge in [0.15, 0.2) is 0 Å². The first-order chi connectivity index (χ1) is 11.6. The van der Waals surface area contributed by atoms with Crippen LogP contribution in [0.15, 0.2) is 24.3 Å². The zero-order valence-electron chi connectivity index (χ0n) is 15.4. The van der Waals surface area contributed by atoms with Crippen LogP contribution in [0.4, 0.5) is 0 Å². The molecule has 2 bridgehead atoms. The largest absolute Gasteiger partial charge is 0.354 e. The molecule has 2 fully saturated rings. The number of rotatable bonds is 7. The summed E-state index contributed by atoms with van der Waals surface area (Å²) >= 11 is 0. The van der Waals surface area contributed by atoms with Gasteiger partial charge in [0.1, 0.15) is 0 Å². The van der Waals surface area contributed by atoms with Crippen molar-refractivity contribution in [1.29, 1.82) is 0 Å². The number of likely N-dealkylation sites (N-methyl/N-ethyl adjacent to an activating group) is 1. The highest BCUT2D eigenvalue weighted by atomic mass is 16.1. The topological polar surface area (TPSA) is 32.3 Å². The van der Waals surface area contributed by atoms with Gasteiger partial charge in [0.2, 0.25) is 5.91 Å². The second-order valence-electron chi connectivity index (χ2n) is 8.02. The predicted octanol–water partition coefficient (Wildman–Crippen LogP) is 3.79. The lowest BCUT2D eigenvalue weighted by Gasteiger charge is -2.26. The Morgan fingerprint density at radius 1 is 1.21 bits per heavy atom. The van der Waals surface area contributed by atoms with Crippen molar-refractivity contribution in [1.82, 2.24) is 10.2 Å². The van der Waals surface area contributed by atoms with Crippen LogP contribution in [0.3, 0.4) is 0 Å². The van der Waals surface area contributed by atoms with Crippen LogP contribution in [0.1, 0.15) is 56.2 Å². The van der Waals surface area contributed by atoms with Crippen LogP contribution in [0.5, 0.6) is 0 Å². The van der Waals surface area contributed by atoms with Gasteiger partial charge < -0.3 is 10.2 Å². The lowest BCUT2D eigenvalue weighted by molar-refractivity contribution is -0.122. The molecule has 2 aliphatic carbocycles. The highest BCUT2D eigenvalue weighted by Gasteiger charge is 2.40. The van der Waals surface area contributed by atoms with Crippen LogP contribution in [0.25, 0.3) is 0 Å². The lowest BCUT2D eigenvalue weighted by atomic mass is 9.86. The number of amides is 1. The molecular weight excluding hydrogens is 296 g/mol. The van der Waals surface area contributed by atoms with Crippen molar-refractivity contribution in [3.8, 4) is 0 Å². The minimum atomic E-state index is 0.236. The molecule has 2 saturated carbocycles. The number of nitrogens with one attached hydrogen (secondary N) is 1. The van der Waals surface area contributed by atoms with Gasteiger partial charge in [-0.3, -0.25) is 4.79 Å². The van der Waals surface area contributed by atoms with Gasteiger partial charge >= 0.3 is 0 Å². The quantitative estimate of drug-likeness (QED) is 0.826. The first kappa shape index (κ1) is 17.5. The molecule has 24 heavy (non-hydrogen) atoms. The summed E-state index contributed by atoms with van der Waals surface area (Å²) in [6, 6.07) is 9.03. The lowest BCUT2D eigenvalue weighted by Crippen LogP contribution is -2.35. The molecule has 1 amide bonds. The third-order valence-electron chi connectivity index (χ3n) is 6.22. The van der Waals surface area contributed by atoms with Crippen molar-refractivity contribution in [2.45, 2.75) is 51.5 Å². The average Bonchev–Trinajstić information content (AvgIpc) is 3.18. The Labute approximate surface area is 146 Å². The number of hydrogen-bond acceptors (Lipinski definition) is 2. The first-order valence-corrected chi connectivity index (χ1v) is 9.58. The van der Waals surface area contributed by atoms with Gasteiger partial charge in [-0.15, -0.1) is 0 Å². The van der Waals surface area contributed by atoms with E-state index in [1.165, 1.54) is 36.8 Å². The van der Waals surface area contributed by atoms with E-state index in [-0.39, 0.29) is 11.9 Å². The van der Waals surface area contributed by atoms with Crippen LogP contribution in [0, 0.1) is 17.8 Å². The highest BCUT2D eigenvalue weighted by molar-refractivity contribution is 5.76. The molecule has 3 heteroatoms. The Morgan fingerprint density at radius 2 is 1.96 bits per heavy atom. The molecular formula is C21H32N2O. The summed E-state index contributed by atoms with van der Waals surface area (Å²) in [6.07, 6.45) is 7.21. The number of benzene rings is 1. The first-order valence-electron chi connectivity index (χ1n) is 9.58. The maximum Gasteiger partial charge on any atom is 0.220 e. The summed E-state index contributed by atoms with van der Waals surface area (Å²) in [6.45, 7) is 2.87. The maximum absolute atomic E-state index is 12.4. The number of aryl methyl sites for hydroxylation is 1. The molecule has 2 aliphatic rings. The normalized spacial score (nSPS) is 26.8. The summed E-state index contributed by atoms with van der Waals surface area (Å²) in [4.78, 5) is 14.6. The molecule has 4 atom stereocenters. The molecule has 0 saturated heterocycles. The standard InChI is InChI=1S/C21H32N2O/c1-4-15-5-8-17(9-6-15)20(23(2)3)14-22-21(24)13-19-12-16-7-10-18(19)11-16/h5-6,8-9,16,18-20H,4,7,10-14H2,1-3H3,(H,22,24)/t16-,18-,19+,20-/m0/s1. The Balaban J connectivity index is 1.52. The van der Waals surface area contributed by atoms with Crippen LogP contribution in [-0.4, -0.2) is 31.4 Å². The van der Waals surface area contributed by atoms with E-state index in [4.69, 9.17) is 0 Å². The second-order valence-corrected chi connectivity index (χ2v) is 8.02. The van der Waals surface area contributed by atoms with E-state index in [0.717, 1.165) is 24.7 Å². The molecule has 132 valence electrons. The van der Waals surface area contributed by atoms with Crippen LogP contribution in [-0.2, 0) is 11.2 Å². The van der Waals surface area contributed by atoms with Crippen molar-refractivity contribution >= 4 is 5.91 Å². The van der Waals surface area contributed by atoms with Crippen molar-refractivity contribution in [2.75, 3.05) is 20.6 Å². The molecule has 0 heterocycles. The molecule has 3 nitrogen and oxygen atoms in total. The molecule has 1 aromatic carbocycles. The second kappa shape index (κ2) is 7.69. The minimum absolute atomic E-state index is 0.236. The van der Waals surface area contributed by atoms with Gasteiger partial charge in [0.05, 0.1) is 6.04 Å². The fraction of sp³-hybridized carbons (Fsp3) is 0.667. The molecule has 0 aromatic heterocycles. The van der Waals surface area contributed by atoms with Crippen LogP contribution >= 0.6 is 0 Å². The number of carbonyl (C=O) groups excluding carboxylic acids is 1. The zero-order chi connectivity index (χ0) is 17.1. The molecule has 0 radical (unpaired) electrons. The van der Waals surface area contributed by atoms with Gasteiger partial charge in [-0.1, -0.05) is 37.6 Å². The van der Waals surface area contributed by atoms with Crippen molar-refractivity contribution in [3.05, 3.63) is 35.4 Å². The van der Waals surface area contributed by atoms with E-state index in [1.807, 2.05) is 0 Å². The molecule has 1 aromatic rings. The Bertz CT molecular complexity index is 551. The molecule has 1 N–H and O–H groups in total. The third kappa shape index (κ3) is 4.00. The summed E-state index contributed by atoms with van der Waals surface area (Å²) in [7, 11) is 4.17. The maximum atomic E-state index is 12.4. The highest BCUT2D eigenvalue weighted by Crippen LogP contribution is 2.49. The van der Waals surface area contributed by atoms with Crippen LogP contribution < -0.4 is 5.32 Å². The predicted molar refractivity (Wildman–Crippen MR) is 98.8 cm³/mol. The number of fused-ring (bicyclic) bond motifs is 2. The zero-order valence-corrected chi connectivity index (χ0v) is 15.4. The smallest absolute Gasteiger partial charge is 0.220 e. The van der Waals surface area contributed by atoms with Gasteiger partial charge in [0.25, 0.3) is 0 Å². The number of hydrogen-bond donors (Lipinski definition) is 1. The van der Waals surface area contributed by atoms with E-state index >= 15 is 0 Å². The van der Waals surface area contributed by atoms with Crippen molar-refractivity contribution in [3.63, 3.8) is 0 Å². The number of nitrogens with zero attached hydrogens (tertiary/aromatic N) is 1. The van der Waals surface area contributed by atoms with Gasteiger partial charge in [-0.05, 0) is 68.7 Å². The van der Waals surface area contributed by atoms with E-state index in [1.54, 1.807) is 0 Å². The third-order valence-corrected chi connectivity index (χ3v) is 6.22. The summed E-state index contributed by atoms with van der Waals surface area (Å²) in [5.41, 5.74) is 2.63. The Morgan fingerprint density at radius 3 is 2.50 bits per heavy atom. The van der Waals surface area contributed by atoms with E-state index in [0.29, 0.717) is 12.5 Å². The molecule has 3 rings (SSSR count). The molecule has 0 spiro atoms. The molecule has 0 aliphatic heterocycles. The van der Waals surface area contributed by atoms with Gasteiger partial charge in [0, 0.05) is 13.0 Å². The SMILES string of the molecule is CCc1ccc([C@H](CNC(=O)C[C@H]2C[C@H]3CC[C@H]2C3)N(C)C)cc1. The van der Waals surface area contributed by atoms with Crippen molar-refractivity contribution in [2.24, 2.45) is 17.8 Å². The summed E-state index contributed by atoms with van der Waals surface area (Å²) in [5.74, 6) is 2.63. The number of carbonyl (C=O) groups is 1. The van der Waals surface area contributed by atoms with Gasteiger partial charge in [-0.2, -0.15) is 0 Å². The summed E-state index contributed by atoms with van der Waals surface area (Å²) in [5, 5.41) is 3.20. The Hall–Kier alpha value is -1.35.